The standard InChI is InChI=1S/C59H99N19O13S/c1-7-33(4)47(76-50(86)38(22-16-25-67-56(61)62)72-45(82)31-70-44(81)30-71-49(85)35(6)60)53(89)74-40(29-46(83)84)52(88)73-39(23-17-26-68-57(63)64)51(87)77-48(34(5)8-2)54(90)75-41(28-36-18-12-10-13-19-36)55(91)78(37-20-14-11-15-21-37)59(32-79,42(80)9-3)43(92)24-27-69-58(65)66/h10,12-13,18-19,32-35,37-41,43,47-48,92H,7-9,11,14-17,20-31,60H2,1-6H3,(H,70,81)(H,71,85)(H,72,82)(H,73,88)(H,74,89)(H,75,90)(H,76,86)(H,77,87)(H,83,84)(H4,61,62,67)(H4,63,64,68)(H4,65,66,69)/t33-,34-,35-,38-,39-,40-,41-,43?,47-,48-,59-/m0/s1. The van der Waals surface area contributed by atoms with Crippen molar-refractivity contribution in [3.8, 4) is 0 Å². The van der Waals surface area contributed by atoms with E-state index in [1.54, 1.807) is 65.0 Å². The molecule has 1 aromatic carbocycles. The highest BCUT2D eigenvalue weighted by Crippen LogP contribution is 2.35. The van der Waals surface area contributed by atoms with Gasteiger partial charge in [-0.2, -0.15) is 12.6 Å². The van der Waals surface area contributed by atoms with E-state index in [0.717, 1.165) is 6.42 Å². The van der Waals surface area contributed by atoms with Crippen LogP contribution in [0.1, 0.15) is 137 Å². The molecular formula is C59H99N19O13S. The van der Waals surface area contributed by atoms with Crippen molar-refractivity contribution in [3.05, 3.63) is 35.9 Å². The smallest absolute Gasteiger partial charge is 0.305 e. The molecular weight excluding hydrogens is 1210 g/mol. The molecule has 0 saturated heterocycles. The van der Waals surface area contributed by atoms with Gasteiger partial charge in [0.15, 0.2) is 35.5 Å². The number of rotatable bonds is 42. The van der Waals surface area contributed by atoms with Gasteiger partial charge in [-0.3, -0.25) is 67.7 Å². The number of hydrogen-bond donors (Lipinski definition) is 17. The molecule has 0 aromatic heterocycles. The number of nitrogens with zero attached hydrogens (tertiary/aromatic N) is 4. The number of carbonyl (C=O) groups is 12. The summed E-state index contributed by atoms with van der Waals surface area (Å²) >= 11 is 4.82. The van der Waals surface area contributed by atoms with Crippen molar-refractivity contribution in [2.45, 2.75) is 197 Å². The SMILES string of the molecule is CCC(=O)[C@@](C=O)(C(S)CCN=C(N)N)N(C(=O)[C@H](Cc1ccccc1)NC(=O)[C@@H](NC(=O)[C@H](CCCN=C(N)N)NC(=O)[C@H](CC(=O)O)NC(=O)[C@@H](NC(=O)[C@H](CCCN=C(N)N)NC(=O)CNC(=O)CNC(=O)[C@H](C)N)[C@@H](C)CC)[C@@H](C)CC)C1CCCCC1. The Morgan fingerprint density at radius 2 is 1.08 bits per heavy atom. The van der Waals surface area contributed by atoms with Crippen LogP contribution in [0.5, 0.6) is 0 Å². The highest BCUT2D eigenvalue weighted by atomic mass is 32.1. The molecule has 1 aromatic rings. The first-order valence-corrected chi connectivity index (χ1v) is 31.5. The number of carboxylic acids is 1. The van der Waals surface area contributed by atoms with E-state index in [0.29, 0.717) is 37.5 Å². The van der Waals surface area contributed by atoms with Gasteiger partial charge >= 0.3 is 5.97 Å². The lowest BCUT2D eigenvalue weighted by atomic mass is 9.81. The summed E-state index contributed by atoms with van der Waals surface area (Å²) in [7, 11) is 0. The number of benzene rings is 1. The van der Waals surface area contributed by atoms with Gasteiger partial charge in [-0.15, -0.1) is 0 Å². The predicted octanol–water partition coefficient (Wildman–Crippen LogP) is -3.57. The lowest BCUT2D eigenvalue weighted by Crippen LogP contribution is -2.70. The second-order valence-electron chi connectivity index (χ2n) is 22.8. The van der Waals surface area contributed by atoms with Crippen molar-refractivity contribution in [1.82, 2.24) is 47.4 Å². The molecule has 23 N–H and O–H groups in total. The van der Waals surface area contributed by atoms with Crippen LogP contribution in [0.25, 0.3) is 0 Å². The van der Waals surface area contributed by atoms with Crippen molar-refractivity contribution in [1.29, 1.82) is 0 Å². The van der Waals surface area contributed by atoms with Gasteiger partial charge in [-0.1, -0.05) is 97.1 Å². The number of aliphatic imine (C=N–C) groups is 3. The average molecular weight is 1310 g/mol. The maximum atomic E-state index is 15.7. The van der Waals surface area contributed by atoms with E-state index in [1.165, 1.54) is 11.8 Å². The van der Waals surface area contributed by atoms with E-state index < -0.39 is 155 Å². The minimum atomic E-state index is -2.15. The van der Waals surface area contributed by atoms with Gasteiger partial charge in [0, 0.05) is 43.8 Å². The molecule has 0 spiro atoms. The molecule has 11 atom stereocenters. The Bertz CT molecular complexity index is 2740. The predicted molar refractivity (Wildman–Crippen MR) is 348 cm³/mol. The number of aldehydes is 1. The number of aliphatic carboxylic acids is 1. The molecule has 2 rings (SSSR count). The van der Waals surface area contributed by atoms with Crippen LogP contribution in [0.4, 0.5) is 0 Å². The number of carboxylic acid groups (broad SMARTS) is 1. The van der Waals surface area contributed by atoms with Crippen LogP contribution in [0.3, 0.4) is 0 Å². The fourth-order valence-corrected chi connectivity index (χ4v) is 10.6. The van der Waals surface area contributed by atoms with E-state index in [2.05, 4.69) is 57.5 Å². The first-order valence-electron chi connectivity index (χ1n) is 31.0. The number of ketones is 1. The van der Waals surface area contributed by atoms with Crippen molar-refractivity contribution in [2.75, 3.05) is 32.7 Å². The number of Topliss-reactive ketones (excluding diaryl/α,β-unsaturated/α-hetero) is 1. The van der Waals surface area contributed by atoms with Crippen LogP contribution in [-0.2, 0) is 64.0 Å². The largest absolute Gasteiger partial charge is 0.481 e. The summed E-state index contributed by atoms with van der Waals surface area (Å²) in [5.74, 6) is -12.3. The van der Waals surface area contributed by atoms with Gasteiger partial charge in [0.1, 0.15) is 36.3 Å². The van der Waals surface area contributed by atoms with Gasteiger partial charge < -0.3 is 97.5 Å². The molecule has 9 amide bonds. The first-order chi connectivity index (χ1) is 43.5. The topological polar surface area (TPSA) is 544 Å². The molecule has 92 heavy (non-hydrogen) atoms. The maximum absolute atomic E-state index is 15.7. The summed E-state index contributed by atoms with van der Waals surface area (Å²) in [5.41, 5.74) is 37.3. The summed E-state index contributed by atoms with van der Waals surface area (Å²) in [6, 6.07) is -2.17. The van der Waals surface area contributed by atoms with Crippen molar-refractivity contribution in [3.63, 3.8) is 0 Å². The monoisotopic (exact) mass is 1310 g/mol. The zero-order valence-electron chi connectivity index (χ0n) is 53.6. The zero-order valence-corrected chi connectivity index (χ0v) is 54.5. The molecule has 0 bridgehead atoms. The number of guanidine groups is 3. The molecule has 0 heterocycles. The van der Waals surface area contributed by atoms with Crippen LogP contribution in [0, 0.1) is 11.8 Å². The summed E-state index contributed by atoms with van der Waals surface area (Å²) in [4.78, 5) is 180. The Hall–Kier alpha value is -8.62. The Morgan fingerprint density at radius 1 is 0.609 bits per heavy atom. The zero-order chi connectivity index (χ0) is 69.3. The van der Waals surface area contributed by atoms with E-state index in [1.807, 2.05) is 0 Å². The highest BCUT2D eigenvalue weighted by Gasteiger charge is 2.54. The molecule has 33 heteroatoms. The number of carbonyl (C=O) groups excluding carboxylic acids is 11. The van der Waals surface area contributed by atoms with Gasteiger partial charge in [-0.05, 0) is 69.3 Å². The molecule has 1 fully saturated rings. The molecule has 514 valence electrons. The van der Waals surface area contributed by atoms with Gasteiger partial charge in [0.05, 0.1) is 25.6 Å². The molecule has 0 radical (unpaired) electrons. The Balaban J connectivity index is 2.66. The lowest BCUT2D eigenvalue weighted by Gasteiger charge is -2.48. The molecule has 32 nitrogen and oxygen atoms in total. The number of amides is 9. The Labute approximate surface area is 542 Å². The molecule has 1 aliphatic carbocycles. The molecule has 1 unspecified atom stereocenters. The van der Waals surface area contributed by atoms with Crippen LogP contribution >= 0.6 is 12.6 Å². The number of hydrogen-bond acceptors (Lipinski definition) is 17. The third-order valence-electron chi connectivity index (χ3n) is 15.7. The van der Waals surface area contributed by atoms with Crippen LogP contribution in [-0.4, -0.2) is 191 Å². The van der Waals surface area contributed by atoms with Crippen LogP contribution in [0.2, 0.25) is 0 Å². The normalized spacial score (nSPS) is 16.0. The van der Waals surface area contributed by atoms with Crippen LogP contribution in [0.15, 0.2) is 45.3 Å². The number of nitrogens with two attached hydrogens (primary N) is 7. The first kappa shape index (κ1) is 79.5. The summed E-state index contributed by atoms with van der Waals surface area (Å²) in [6.07, 6.45) is 2.38. The summed E-state index contributed by atoms with van der Waals surface area (Å²) < 4.78 is 0. The summed E-state index contributed by atoms with van der Waals surface area (Å²) in [5, 5.41) is 29.2. The third-order valence-corrected chi connectivity index (χ3v) is 16.3. The van der Waals surface area contributed by atoms with E-state index >= 15 is 9.59 Å². The average Bonchev–Trinajstić information content (AvgIpc) is 0.756. The lowest BCUT2D eigenvalue weighted by molar-refractivity contribution is -0.156. The van der Waals surface area contributed by atoms with Gasteiger partial charge in [-0.25, -0.2) is 0 Å². The number of nitrogens with one attached hydrogen (secondary N) is 8. The Kier molecular flexibility index (Phi) is 35.4. The highest BCUT2D eigenvalue weighted by molar-refractivity contribution is 7.81. The van der Waals surface area contributed by atoms with E-state index in [9.17, 15) is 53.1 Å². The maximum Gasteiger partial charge on any atom is 0.305 e. The van der Waals surface area contributed by atoms with Crippen LogP contribution < -0.4 is 82.7 Å². The summed E-state index contributed by atoms with van der Waals surface area (Å²) in [6.45, 7) is 8.40. The molecule has 1 saturated carbocycles. The minimum Gasteiger partial charge on any atom is -0.481 e. The van der Waals surface area contributed by atoms with Gasteiger partial charge in [0.25, 0.3) is 0 Å². The Morgan fingerprint density at radius 3 is 1.54 bits per heavy atom. The number of thiol groups is 1. The molecule has 0 aliphatic heterocycles. The van der Waals surface area contributed by atoms with E-state index in [-0.39, 0.29) is 95.3 Å². The van der Waals surface area contributed by atoms with Gasteiger partial charge in [0.2, 0.25) is 53.2 Å². The fourth-order valence-electron chi connectivity index (χ4n) is 10.2. The fraction of sp³-hybridized carbons (Fsp3) is 0.644. The van der Waals surface area contributed by atoms with Crippen molar-refractivity contribution < 1.29 is 62.6 Å². The second kappa shape index (κ2) is 41.0. The quantitative estimate of drug-likeness (QED) is 0.00752. The second-order valence-corrected chi connectivity index (χ2v) is 23.5. The molecule has 1 aliphatic rings. The third kappa shape index (κ3) is 26.7. The van der Waals surface area contributed by atoms with E-state index in [4.69, 9.17) is 52.8 Å². The van der Waals surface area contributed by atoms with Crippen molar-refractivity contribution >= 4 is 102 Å². The minimum absolute atomic E-state index is 0.00952. The van der Waals surface area contributed by atoms with Crippen molar-refractivity contribution in [2.24, 2.45) is 66.9 Å².